The molecule has 170 valence electrons. The standard InChI is InChI=1S/C22H31N5O3.ClH/c1-5-12-23-21-17(22(28)25(2)30-4)10-11-20(24-21)27-15-13-26(14-16-27)18-8-6-7-9-19(18)29-3;/h6-11H,5,12-16H2,1-4H3,(H,23,24);1H. The van der Waals surface area contributed by atoms with E-state index in [0.717, 1.165) is 56.4 Å². The van der Waals surface area contributed by atoms with Crippen LogP contribution in [0.1, 0.15) is 23.7 Å². The van der Waals surface area contributed by atoms with Gasteiger partial charge in [0.05, 0.1) is 25.5 Å². The number of pyridine rings is 1. The number of halogens is 1. The van der Waals surface area contributed by atoms with E-state index in [9.17, 15) is 4.79 Å². The van der Waals surface area contributed by atoms with Crippen LogP contribution in [-0.4, -0.2) is 69.9 Å². The molecule has 31 heavy (non-hydrogen) atoms. The molecule has 1 fully saturated rings. The van der Waals surface area contributed by atoms with E-state index in [-0.39, 0.29) is 18.3 Å². The summed E-state index contributed by atoms with van der Waals surface area (Å²) in [4.78, 5) is 27.0. The third-order valence-corrected chi connectivity index (χ3v) is 5.24. The van der Waals surface area contributed by atoms with Crippen LogP contribution in [0.15, 0.2) is 36.4 Å². The zero-order valence-electron chi connectivity index (χ0n) is 18.6. The molecule has 0 saturated carbocycles. The molecule has 0 spiro atoms. The molecule has 2 aromatic rings. The highest BCUT2D eigenvalue weighted by Crippen LogP contribution is 2.29. The highest BCUT2D eigenvalue weighted by molar-refractivity contribution is 5.98. The molecule has 1 aromatic heterocycles. The fraction of sp³-hybridized carbons (Fsp3) is 0.455. The fourth-order valence-corrected chi connectivity index (χ4v) is 3.50. The van der Waals surface area contributed by atoms with Crippen LogP contribution in [0.2, 0.25) is 0 Å². The summed E-state index contributed by atoms with van der Waals surface area (Å²) in [7, 11) is 4.77. The highest BCUT2D eigenvalue weighted by atomic mass is 35.5. The maximum atomic E-state index is 12.6. The van der Waals surface area contributed by atoms with Crippen molar-refractivity contribution in [2.75, 3.05) is 69.1 Å². The first-order valence-corrected chi connectivity index (χ1v) is 10.3. The third-order valence-electron chi connectivity index (χ3n) is 5.24. The topological polar surface area (TPSA) is 70.2 Å². The van der Waals surface area contributed by atoms with Crippen molar-refractivity contribution in [2.45, 2.75) is 13.3 Å². The van der Waals surface area contributed by atoms with Crippen LogP contribution in [0.5, 0.6) is 5.75 Å². The first-order chi connectivity index (χ1) is 14.6. The average molecular weight is 450 g/mol. The van der Waals surface area contributed by atoms with Gasteiger partial charge in [-0.2, -0.15) is 0 Å². The number of piperazine rings is 1. The van der Waals surface area contributed by atoms with Gasteiger partial charge in [0, 0.05) is 39.8 Å². The number of amides is 1. The molecule has 9 heteroatoms. The summed E-state index contributed by atoms with van der Waals surface area (Å²) in [5, 5.41) is 4.49. The molecule has 2 heterocycles. The second-order valence-electron chi connectivity index (χ2n) is 7.12. The Balaban J connectivity index is 0.00000341. The second-order valence-corrected chi connectivity index (χ2v) is 7.12. The SMILES string of the molecule is CCCNc1nc(N2CCN(c3ccccc3OC)CC2)ccc1C(=O)N(C)OC.Cl. The molecular formula is C22H32ClN5O3. The van der Waals surface area contributed by atoms with Gasteiger partial charge < -0.3 is 19.9 Å². The van der Waals surface area contributed by atoms with E-state index in [0.29, 0.717) is 11.4 Å². The summed E-state index contributed by atoms with van der Waals surface area (Å²) in [5.41, 5.74) is 1.62. The van der Waals surface area contributed by atoms with Crippen molar-refractivity contribution in [3.05, 3.63) is 42.0 Å². The normalized spacial score (nSPS) is 13.4. The smallest absolute Gasteiger partial charge is 0.280 e. The Morgan fingerprint density at radius 3 is 2.42 bits per heavy atom. The molecule has 1 amide bonds. The minimum absolute atomic E-state index is 0. The van der Waals surface area contributed by atoms with Gasteiger partial charge in [-0.1, -0.05) is 19.1 Å². The molecule has 0 aliphatic carbocycles. The molecule has 0 unspecified atom stereocenters. The number of aromatic nitrogens is 1. The van der Waals surface area contributed by atoms with E-state index < -0.39 is 0 Å². The molecule has 3 rings (SSSR count). The Hall–Kier alpha value is -2.71. The maximum Gasteiger partial charge on any atom is 0.280 e. The summed E-state index contributed by atoms with van der Waals surface area (Å²) >= 11 is 0. The van der Waals surface area contributed by atoms with Crippen LogP contribution in [0, 0.1) is 0 Å². The zero-order valence-corrected chi connectivity index (χ0v) is 19.4. The number of ether oxygens (including phenoxy) is 1. The van der Waals surface area contributed by atoms with Gasteiger partial charge in [0.2, 0.25) is 0 Å². The molecule has 1 N–H and O–H groups in total. The second kappa shape index (κ2) is 11.6. The molecule has 1 aliphatic rings. The lowest BCUT2D eigenvalue weighted by molar-refractivity contribution is -0.0756. The van der Waals surface area contributed by atoms with Crippen LogP contribution >= 0.6 is 12.4 Å². The molecular weight excluding hydrogens is 418 g/mol. The predicted octanol–water partition coefficient (Wildman–Crippen LogP) is 3.29. The Morgan fingerprint density at radius 1 is 1.10 bits per heavy atom. The number of methoxy groups -OCH3 is 1. The molecule has 0 bridgehead atoms. The number of nitrogens with zero attached hydrogens (tertiary/aromatic N) is 4. The Labute approximate surface area is 190 Å². The molecule has 0 atom stereocenters. The summed E-state index contributed by atoms with van der Waals surface area (Å²) in [5.74, 6) is 2.12. The molecule has 1 aromatic carbocycles. The van der Waals surface area contributed by atoms with Crippen molar-refractivity contribution in [2.24, 2.45) is 0 Å². The Morgan fingerprint density at radius 2 is 1.77 bits per heavy atom. The van der Waals surface area contributed by atoms with Crippen molar-refractivity contribution < 1.29 is 14.4 Å². The van der Waals surface area contributed by atoms with Crippen LogP contribution < -0.4 is 19.9 Å². The minimum Gasteiger partial charge on any atom is -0.495 e. The summed E-state index contributed by atoms with van der Waals surface area (Å²) < 4.78 is 5.51. The van der Waals surface area contributed by atoms with E-state index in [4.69, 9.17) is 14.6 Å². The number of para-hydroxylation sites is 2. The number of carbonyl (C=O) groups excluding carboxylic acids is 1. The summed E-state index contributed by atoms with van der Waals surface area (Å²) in [6.07, 6.45) is 0.942. The van der Waals surface area contributed by atoms with Crippen molar-refractivity contribution in [3.63, 3.8) is 0 Å². The minimum atomic E-state index is -0.226. The predicted molar refractivity (Wildman–Crippen MR) is 127 cm³/mol. The molecule has 0 radical (unpaired) electrons. The number of benzene rings is 1. The van der Waals surface area contributed by atoms with Gasteiger partial charge in [-0.05, 0) is 30.7 Å². The van der Waals surface area contributed by atoms with Crippen LogP contribution in [0.25, 0.3) is 0 Å². The van der Waals surface area contributed by atoms with Gasteiger partial charge in [0.1, 0.15) is 17.4 Å². The summed E-state index contributed by atoms with van der Waals surface area (Å²) in [6, 6.07) is 11.8. The maximum absolute atomic E-state index is 12.6. The number of hydrogen-bond donors (Lipinski definition) is 1. The van der Waals surface area contributed by atoms with Gasteiger partial charge in [0.25, 0.3) is 5.91 Å². The summed E-state index contributed by atoms with van der Waals surface area (Å²) in [6.45, 7) is 6.23. The van der Waals surface area contributed by atoms with Gasteiger partial charge in [-0.15, -0.1) is 12.4 Å². The molecule has 1 saturated heterocycles. The Kier molecular flexibility index (Phi) is 9.21. The largest absolute Gasteiger partial charge is 0.495 e. The first-order valence-electron chi connectivity index (χ1n) is 10.3. The number of rotatable bonds is 8. The highest BCUT2D eigenvalue weighted by Gasteiger charge is 2.23. The quantitative estimate of drug-likeness (QED) is 0.620. The van der Waals surface area contributed by atoms with Gasteiger partial charge in [0.15, 0.2) is 0 Å². The number of anilines is 3. The van der Waals surface area contributed by atoms with Gasteiger partial charge in [-0.25, -0.2) is 10.0 Å². The average Bonchev–Trinajstić information content (AvgIpc) is 2.81. The lowest BCUT2D eigenvalue weighted by atomic mass is 10.2. The molecule has 8 nitrogen and oxygen atoms in total. The zero-order chi connectivity index (χ0) is 21.5. The number of nitrogens with one attached hydrogen (secondary N) is 1. The van der Waals surface area contributed by atoms with E-state index in [1.165, 1.54) is 12.2 Å². The number of carbonyl (C=O) groups is 1. The fourth-order valence-electron chi connectivity index (χ4n) is 3.50. The van der Waals surface area contributed by atoms with Crippen molar-refractivity contribution in [3.8, 4) is 5.75 Å². The van der Waals surface area contributed by atoms with E-state index >= 15 is 0 Å². The van der Waals surface area contributed by atoms with Crippen molar-refractivity contribution in [1.29, 1.82) is 0 Å². The van der Waals surface area contributed by atoms with E-state index in [1.807, 2.05) is 30.3 Å². The van der Waals surface area contributed by atoms with Gasteiger partial charge >= 0.3 is 0 Å². The van der Waals surface area contributed by atoms with Crippen LogP contribution in [0.3, 0.4) is 0 Å². The van der Waals surface area contributed by atoms with Crippen LogP contribution in [0.4, 0.5) is 17.3 Å². The first kappa shape index (κ1) is 24.6. The number of hydroxylamine groups is 2. The van der Waals surface area contributed by atoms with Crippen LogP contribution in [-0.2, 0) is 4.84 Å². The third kappa shape index (κ3) is 5.71. The van der Waals surface area contributed by atoms with E-state index in [2.05, 4.69) is 28.1 Å². The number of hydrogen-bond acceptors (Lipinski definition) is 7. The van der Waals surface area contributed by atoms with Crippen molar-refractivity contribution in [1.82, 2.24) is 10.0 Å². The monoisotopic (exact) mass is 449 g/mol. The lowest BCUT2D eigenvalue weighted by Gasteiger charge is -2.37. The Bertz CT molecular complexity index is 859. The van der Waals surface area contributed by atoms with Gasteiger partial charge in [-0.3, -0.25) is 9.63 Å². The molecule has 1 aliphatic heterocycles. The van der Waals surface area contributed by atoms with E-state index in [1.54, 1.807) is 14.2 Å². The van der Waals surface area contributed by atoms with Crippen molar-refractivity contribution >= 4 is 35.6 Å². The lowest BCUT2D eigenvalue weighted by Crippen LogP contribution is -2.47.